The van der Waals surface area contributed by atoms with Gasteiger partial charge in [0.05, 0.1) is 70.1 Å². The van der Waals surface area contributed by atoms with E-state index in [1.165, 1.54) is 56.0 Å². The van der Waals surface area contributed by atoms with Gasteiger partial charge in [-0.3, -0.25) is 68.0 Å². The summed E-state index contributed by atoms with van der Waals surface area (Å²) in [6, 6.07) is 1.32. The molecule has 5 atom stereocenters. The van der Waals surface area contributed by atoms with Gasteiger partial charge in [-0.15, -0.1) is 5.11 Å². The molecule has 35 nitrogen and oxygen atoms in total. The molecule has 0 saturated carbocycles. The van der Waals surface area contributed by atoms with Gasteiger partial charge < -0.3 is 88.3 Å². The fraction of sp³-hybridized carbons (Fsp3) is 0.481. The van der Waals surface area contributed by atoms with Gasteiger partial charge in [0.1, 0.15) is 30.2 Å². The van der Waals surface area contributed by atoms with Crippen molar-refractivity contribution in [3.8, 4) is 0 Å². The molecule has 2 unspecified atom stereocenters. The van der Waals surface area contributed by atoms with Gasteiger partial charge in [-0.2, -0.15) is 0 Å². The molecule has 1 radical (unpaired) electrons. The molecule has 0 aromatic carbocycles. The Morgan fingerprint density at radius 1 is 0.807 bits per heavy atom. The summed E-state index contributed by atoms with van der Waals surface area (Å²) in [4.78, 5) is 164. The maximum atomic E-state index is 14.1. The summed E-state index contributed by atoms with van der Waals surface area (Å²) in [5.74, 6) is -9.24. The Balaban J connectivity index is 0.000000926. The molecule has 88 heavy (non-hydrogen) atoms. The van der Waals surface area contributed by atoms with Crippen molar-refractivity contribution in [1.82, 2.24) is 57.1 Å². The van der Waals surface area contributed by atoms with Gasteiger partial charge >= 0.3 is 23.9 Å². The first kappa shape index (κ1) is 76.8. The van der Waals surface area contributed by atoms with E-state index in [1.54, 1.807) is 13.8 Å². The maximum absolute atomic E-state index is 14.1. The fourth-order valence-electron chi connectivity index (χ4n) is 7.48. The predicted octanol–water partition coefficient (Wildman–Crippen LogP) is -4.29. The molecule has 7 amide bonds. The van der Waals surface area contributed by atoms with Gasteiger partial charge in [-0.1, -0.05) is 0 Å². The Labute approximate surface area is 516 Å². The van der Waals surface area contributed by atoms with Gasteiger partial charge in [0, 0.05) is 82.2 Å². The minimum Gasteiger partial charge on any atom is -0.481 e. The predicted molar refractivity (Wildman–Crippen MR) is 302 cm³/mol. The van der Waals surface area contributed by atoms with E-state index in [1.807, 2.05) is 0 Å². The Bertz CT molecular complexity index is 2870. The second-order valence-corrected chi connectivity index (χ2v) is 18.6. The smallest absolute Gasteiger partial charge is 0.329 e. The number of carbonyl (C=O) groups excluding carboxylic acids is 9. The Kier molecular flexibility index (Phi) is 35.8. The first-order valence-corrected chi connectivity index (χ1v) is 26.7. The number of ether oxygens (including phenoxy) is 2. The molecule has 4 heterocycles. The third-order valence-corrected chi connectivity index (χ3v) is 12.2. The van der Waals surface area contributed by atoms with E-state index in [4.69, 9.17) is 46.9 Å². The normalized spacial score (nSPS) is 16.5. The Morgan fingerprint density at radius 3 is 2.03 bits per heavy atom. The number of nitrogens with two attached hydrogens (primary N) is 2. The van der Waals surface area contributed by atoms with Crippen LogP contribution in [0.5, 0.6) is 0 Å². The number of aliphatic hydroxyl groups is 3. The maximum Gasteiger partial charge on any atom is 0.329 e. The number of likely N-dealkylation sites (N-methyl/N-ethyl adjacent to an activating group) is 1. The molecule has 36 heteroatoms. The number of pyridine rings is 3. The number of carbonyl (C=O) groups is 11. The number of aromatic amines is 1. The number of carboxylic acid groups (broad SMARTS) is 2. The van der Waals surface area contributed by atoms with Crippen LogP contribution in [0.3, 0.4) is 0 Å². The van der Waals surface area contributed by atoms with Gasteiger partial charge in [0.2, 0.25) is 35.1 Å². The van der Waals surface area contributed by atoms with Crippen molar-refractivity contribution in [2.24, 2.45) is 21.6 Å². The van der Waals surface area contributed by atoms with Gasteiger partial charge in [0.25, 0.3) is 11.8 Å². The van der Waals surface area contributed by atoms with Gasteiger partial charge in [0.15, 0.2) is 11.8 Å². The first-order chi connectivity index (χ1) is 41.4. The zero-order chi connectivity index (χ0) is 65.1. The van der Waals surface area contributed by atoms with Gasteiger partial charge in [-0.05, 0) is 76.3 Å². The van der Waals surface area contributed by atoms with E-state index in [0.717, 1.165) is 17.2 Å². The van der Waals surface area contributed by atoms with Crippen LogP contribution >= 0.6 is 0 Å². The minimum atomic E-state index is -1.69. The molecule has 1 aliphatic rings. The summed E-state index contributed by atoms with van der Waals surface area (Å²) in [6.07, 6.45) is 4.99. The van der Waals surface area contributed by atoms with Crippen LogP contribution in [0.1, 0.15) is 91.1 Å². The van der Waals surface area contributed by atoms with Crippen LogP contribution in [0.2, 0.25) is 0 Å². The summed E-state index contributed by atoms with van der Waals surface area (Å²) >= 11 is 0. The number of H-pyrrole nitrogens is 1. The van der Waals surface area contributed by atoms with Crippen molar-refractivity contribution >= 4 is 77.0 Å². The molecule has 483 valence electrons. The zero-order valence-corrected chi connectivity index (χ0v) is 50.1. The topological polar surface area (TPSA) is 554 Å². The fourth-order valence-corrected chi connectivity index (χ4v) is 7.48. The largest absolute Gasteiger partial charge is 0.481 e. The molecule has 1 saturated heterocycles. The molecule has 3 aromatic rings. The van der Waals surface area contributed by atoms with Crippen molar-refractivity contribution in [1.29, 1.82) is 5.53 Å². The number of aliphatic hydroxyl groups excluding tert-OH is 3. The molecule has 1 aliphatic heterocycles. The van der Waals surface area contributed by atoms with Crippen molar-refractivity contribution in [2.45, 2.75) is 94.5 Å². The van der Waals surface area contributed by atoms with Crippen LogP contribution in [0, 0.1) is 5.53 Å². The standard InChI is InChI=1S/C32H43N13O9.C14H18N2O5.C6H13NO5.Tc/c1-45-21(6-4-12-37-32(33)34)29(52)40-16-24(47)41-20(13-25(48)49)28(51)43-26(17-8-10-23(46)39-14-17)30(53)42-19(31(45)54)5-2-3-11-36-27(50)18-7-9-22(44-35)38-15-18;1-3-20-12(17)9-11(14(19)21-4-2)16-13(18)10-5-7-15-8-6-10;8-2-6(3-9,4-10)7-1-5(11)12;/h7-10,14-15,19-21,26,35H,2-6,11-13,16H2,1H3,(H,36,50)(H,39,46)(H,40,52)(H,41,47)(H,42,53)(H,43,51)(H,48,49)(H4,33,34,37);5-8,11H,3-4,9H2,1-2H3,(H,16,18);7-10H,1-4H2,(H,11,12);/t19-,20-,21-,26?;;;/m0.../s1. The van der Waals surface area contributed by atoms with E-state index in [9.17, 15) is 62.6 Å². The van der Waals surface area contributed by atoms with Crippen molar-refractivity contribution in [3.05, 3.63) is 88.2 Å². The Hall–Kier alpha value is -9.22. The first-order valence-electron chi connectivity index (χ1n) is 26.7. The SMILES string of the molecule is CCOC(=O)CC(NC(=O)c1ccncc1)C(=O)OCC.CN1C(=O)[C@H](CCCCNC(=O)c2ccc(N=N)nc2)NC(=O)C(c2ccc(=O)[nH]c2)NC(=O)[C@H](CC(=O)O)NC(=O)CNC(=O)[C@@H]1CCCN=C(N)N.O=C(O)CNC(CO)(CO)CO.[Tc]. The molecular formula is C52H74N16O19Tc. The number of hydrogen-bond acceptors (Lipinski definition) is 23. The van der Waals surface area contributed by atoms with E-state index < -0.39 is 146 Å². The monoisotopic (exact) mass is 1320 g/mol. The molecule has 18 N–H and O–H groups in total. The number of amides is 7. The van der Waals surface area contributed by atoms with Crippen LogP contribution < -0.4 is 54.2 Å². The molecule has 4 rings (SSSR count). The summed E-state index contributed by atoms with van der Waals surface area (Å²) < 4.78 is 9.63. The second-order valence-electron chi connectivity index (χ2n) is 18.6. The third kappa shape index (κ3) is 27.9. The van der Waals surface area contributed by atoms with E-state index >= 15 is 0 Å². The molecule has 0 bridgehead atoms. The average molecular weight is 1330 g/mol. The number of unbranched alkanes of at least 4 members (excludes halogenated alkanes) is 1. The van der Waals surface area contributed by atoms with Crippen molar-refractivity contribution in [2.75, 3.05) is 66.3 Å². The molecule has 0 spiro atoms. The van der Waals surface area contributed by atoms with Crippen LogP contribution in [0.25, 0.3) is 0 Å². The summed E-state index contributed by atoms with van der Waals surface area (Å²) in [5.41, 5.74) is 16.6. The number of guanidine groups is 1. The molecule has 1 fully saturated rings. The number of hydrogen-bond donors (Lipinski definition) is 16. The zero-order valence-electron chi connectivity index (χ0n) is 48.2. The number of aromatic nitrogens is 3. The number of esters is 2. The quantitative estimate of drug-likeness (QED) is 0.0113. The number of carboxylic acids is 2. The van der Waals surface area contributed by atoms with E-state index in [2.05, 4.69) is 62.3 Å². The van der Waals surface area contributed by atoms with Crippen molar-refractivity contribution < 1.29 is 108 Å². The van der Waals surface area contributed by atoms with E-state index in [0.29, 0.717) is 12.0 Å². The molecule has 0 aliphatic carbocycles. The van der Waals surface area contributed by atoms with Crippen molar-refractivity contribution in [3.63, 3.8) is 0 Å². The van der Waals surface area contributed by atoms with Crippen LogP contribution in [-0.4, -0.2) is 213 Å². The number of aliphatic imine (C=N–C) groups is 1. The summed E-state index contributed by atoms with van der Waals surface area (Å²) in [7, 11) is 1.34. The minimum absolute atomic E-state index is 0. The summed E-state index contributed by atoms with van der Waals surface area (Å²) in [6.45, 7) is 1.25. The van der Waals surface area contributed by atoms with Crippen LogP contribution in [0.15, 0.2) is 76.1 Å². The number of nitrogens with one attached hydrogen (secondary N) is 9. The van der Waals surface area contributed by atoms with Crippen LogP contribution in [0.4, 0.5) is 5.82 Å². The number of aliphatic carboxylic acids is 2. The third-order valence-electron chi connectivity index (χ3n) is 12.2. The average Bonchev–Trinajstić information content (AvgIpc) is 3.67. The Morgan fingerprint density at radius 2 is 1.48 bits per heavy atom. The van der Waals surface area contributed by atoms with E-state index in [-0.39, 0.29) is 101 Å². The molecule has 3 aromatic heterocycles. The number of nitrogens with zero attached hydrogens (tertiary/aromatic N) is 5. The number of rotatable bonds is 27. The molecular weight excluding hydrogens is 1250 g/mol. The van der Waals surface area contributed by atoms with Gasteiger partial charge in [-0.25, -0.2) is 15.3 Å². The second kappa shape index (κ2) is 41.0. The van der Waals surface area contributed by atoms with Crippen LogP contribution in [-0.2, 0) is 72.7 Å². The summed E-state index contributed by atoms with van der Waals surface area (Å²) in [5, 5.41) is 64.2.